The molecule has 0 aromatic carbocycles. The standard InChI is InChI=1S/C19H21BrN6O4S3/c1-8-13(20)9(2)25(24-8)5-4-12(27)21-14-16(28)26-15(18(29)30)11(6-31-17(14)26)7-32-19-23-22-10(3)33-19/h14,17H,4-7H2,1-3H3,(H,21,27)(H,29,30)/t14-,17+/m1/s1. The molecule has 4 rings (SSSR count). The SMILES string of the molecule is Cc1nnc(SCC2=C(C(=O)O)N3C(=O)[C@@H](NC(=O)CCn4nc(C)c(Br)c4C)[C@@H]3SC2)s1. The minimum absolute atomic E-state index is 0.00970. The Bertz CT molecular complexity index is 1160. The minimum Gasteiger partial charge on any atom is -0.477 e. The van der Waals surface area contributed by atoms with Crippen molar-refractivity contribution in [2.45, 2.75) is 49.5 Å². The molecule has 2 N–H and O–H groups in total. The number of β-lactam (4-membered cyclic amide) rings is 1. The molecule has 0 radical (unpaired) electrons. The topological polar surface area (TPSA) is 130 Å². The second-order valence-corrected chi connectivity index (χ2v) is 11.8. The van der Waals surface area contributed by atoms with Gasteiger partial charge in [0.15, 0.2) is 4.34 Å². The number of carbonyl (C=O) groups is 3. The summed E-state index contributed by atoms with van der Waals surface area (Å²) >= 11 is 7.77. The summed E-state index contributed by atoms with van der Waals surface area (Å²) in [6.45, 7) is 6.04. The highest BCUT2D eigenvalue weighted by molar-refractivity contribution is 9.10. The largest absolute Gasteiger partial charge is 0.477 e. The van der Waals surface area contributed by atoms with E-state index in [4.69, 9.17) is 0 Å². The molecule has 4 heterocycles. The van der Waals surface area contributed by atoms with Crippen LogP contribution in [0.1, 0.15) is 22.8 Å². The third-order valence-electron chi connectivity index (χ3n) is 5.29. The minimum atomic E-state index is -1.14. The second-order valence-electron chi connectivity index (χ2n) is 7.55. The molecular formula is C19H21BrN6O4S3. The number of carboxylic acid groups (broad SMARTS) is 1. The lowest BCUT2D eigenvalue weighted by atomic mass is 10.0. The summed E-state index contributed by atoms with van der Waals surface area (Å²) in [4.78, 5) is 38.6. The molecule has 2 aromatic rings. The molecule has 0 unspecified atom stereocenters. The Morgan fingerprint density at radius 1 is 1.30 bits per heavy atom. The Hall–Kier alpha value is -1.90. The van der Waals surface area contributed by atoms with Gasteiger partial charge in [0.25, 0.3) is 5.91 Å². The zero-order valence-corrected chi connectivity index (χ0v) is 22.0. The first-order chi connectivity index (χ1) is 15.7. The van der Waals surface area contributed by atoms with Gasteiger partial charge in [-0.25, -0.2) is 4.79 Å². The molecule has 2 amide bonds. The molecule has 14 heteroatoms. The second kappa shape index (κ2) is 9.76. The number of aliphatic carboxylic acids is 1. The van der Waals surface area contributed by atoms with E-state index in [0.29, 0.717) is 23.6 Å². The van der Waals surface area contributed by atoms with Crippen molar-refractivity contribution in [1.29, 1.82) is 0 Å². The van der Waals surface area contributed by atoms with E-state index in [9.17, 15) is 19.5 Å². The van der Waals surface area contributed by atoms with Crippen molar-refractivity contribution in [2.24, 2.45) is 0 Å². The van der Waals surface area contributed by atoms with Gasteiger partial charge in [0.05, 0.1) is 16.7 Å². The van der Waals surface area contributed by atoms with Crippen LogP contribution in [0.2, 0.25) is 0 Å². The first kappa shape index (κ1) is 24.2. The number of hydrogen-bond donors (Lipinski definition) is 2. The summed E-state index contributed by atoms with van der Waals surface area (Å²) in [5.41, 5.74) is 2.45. The predicted octanol–water partition coefficient (Wildman–Crippen LogP) is 2.34. The zero-order chi connectivity index (χ0) is 23.9. The Balaban J connectivity index is 1.38. The number of carboxylic acids is 1. The van der Waals surface area contributed by atoms with Crippen LogP contribution in [0.15, 0.2) is 20.1 Å². The lowest BCUT2D eigenvalue weighted by molar-refractivity contribution is -0.150. The zero-order valence-electron chi connectivity index (χ0n) is 18.0. The molecule has 0 bridgehead atoms. The van der Waals surface area contributed by atoms with Crippen LogP contribution >= 0.6 is 50.8 Å². The fourth-order valence-electron chi connectivity index (χ4n) is 3.63. The van der Waals surface area contributed by atoms with E-state index in [2.05, 4.69) is 36.5 Å². The van der Waals surface area contributed by atoms with Crippen molar-refractivity contribution < 1.29 is 19.5 Å². The van der Waals surface area contributed by atoms with Gasteiger partial charge in [0.2, 0.25) is 5.91 Å². The van der Waals surface area contributed by atoms with Crippen LogP contribution in [-0.4, -0.2) is 70.7 Å². The molecule has 1 saturated heterocycles. The number of fused-ring (bicyclic) bond motifs is 1. The number of aryl methyl sites for hydroxylation is 3. The molecule has 176 valence electrons. The molecule has 2 aliphatic rings. The maximum Gasteiger partial charge on any atom is 0.352 e. The summed E-state index contributed by atoms with van der Waals surface area (Å²) in [5, 5.41) is 25.4. The lowest BCUT2D eigenvalue weighted by Gasteiger charge is -2.49. The van der Waals surface area contributed by atoms with Crippen molar-refractivity contribution >= 4 is 68.6 Å². The van der Waals surface area contributed by atoms with E-state index in [0.717, 1.165) is 25.2 Å². The van der Waals surface area contributed by atoms with Gasteiger partial charge in [0.1, 0.15) is 22.1 Å². The first-order valence-electron chi connectivity index (χ1n) is 9.99. The van der Waals surface area contributed by atoms with Crippen LogP contribution in [0, 0.1) is 20.8 Å². The predicted molar refractivity (Wildman–Crippen MR) is 129 cm³/mol. The van der Waals surface area contributed by atoms with E-state index in [-0.39, 0.29) is 18.0 Å². The normalized spacial score (nSPS) is 20.0. The van der Waals surface area contributed by atoms with E-state index in [1.165, 1.54) is 39.8 Å². The van der Waals surface area contributed by atoms with E-state index in [1.807, 2.05) is 20.8 Å². The van der Waals surface area contributed by atoms with Gasteiger partial charge < -0.3 is 10.4 Å². The molecule has 2 aromatic heterocycles. The number of thioether (sulfide) groups is 2. The van der Waals surface area contributed by atoms with Crippen LogP contribution in [0.25, 0.3) is 0 Å². The molecule has 33 heavy (non-hydrogen) atoms. The van der Waals surface area contributed by atoms with Crippen molar-refractivity contribution in [3.63, 3.8) is 0 Å². The summed E-state index contributed by atoms with van der Waals surface area (Å²) < 4.78 is 3.42. The van der Waals surface area contributed by atoms with Gasteiger partial charge in [-0.05, 0) is 42.3 Å². The Morgan fingerprint density at radius 3 is 2.67 bits per heavy atom. The van der Waals surface area contributed by atoms with Crippen LogP contribution in [0.5, 0.6) is 0 Å². The van der Waals surface area contributed by atoms with Gasteiger partial charge in [-0.15, -0.1) is 22.0 Å². The highest BCUT2D eigenvalue weighted by Gasteiger charge is 2.54. The lowest BCUT2D eigenvalue weighted by Crippen LogP contribution is -2.70. The number of hydrogen-bond acceptors (Lipinski definition) is 9. The van der Waals surface area contributed by atoms with Gasteiger partial charge in [-0.1, -0.05) is 23.1 Å². The van der Waals surface area contributed by atoms with E-state index < -0.39 is 23.3 Å². The van der Waals surface area contributed by atoms with Crippen LogP contribution < -0.4 is 5.32 Å². The first-order valence-corrected chi connectivity index (χ1v) is 13.6. The van der Waals surface area contributed by atoms with Crippen molar-refractivity contribution in [3.05, 3.63) is 32.1 Å². The highest BCUT2D eigenvalue weighted by Crippen LogP contribution is 2.41. The monoisotopic (exact) mass is 572 g/mol. The highest BCUT2D eigenvalue weighted by atomic mass is 79.9. The Labute approximate surface area is 210 Å². The molecular weight excluding hydrogens is 552 g/mol. The van der Waals surface area contributed by atoms with Gasteiger partial charge in [-0.2, -0.15) is 5.10 Å². The summed E-state index contributed by atoms with van der Waals surface area (Å²) in [6, 6.07) is -0.732. The van der Waals surface area contributed by atoms with Crippen LogP contribution in [0.4, 0.5) is 0 Å². The molecule has 1 fully saturated rings. The maximum atomic E-state index is 12.8. The van der Waals surface area contributed by atoms with Gasteiger partial charge in [0, 0.05) is 23.6 Å². The van der Waals surface area contributed by atoms with Crippen LogP contribution in [-0.2, 0) is 20.9 Å². The average molecular weight is 574 g/mol. The summed E-state index contributed by atoms with van der Waals surface area (Å²) in [7, 11) is 0. The molecule has 0 spiro atoms. The summed E-state index contributed by atoms with van der Waals surface area (Å²) in [5.74, 6) is -0.938. The summed E-state index contributed by atoms with van der Waals surface area (Å²) in [6.07, 6.45) is 0.167. The smallest absolute Gasteiger partial charge is 0.352 e. The number of carbonyl (C=O) groups excluding carboxylic acids is 2. The molecule has 2 aliphatic heterocycles. The fourth-order valence-corrected chi connectivity index (χ4v) is 7.21. The fraction of sp³-hybridized carbons (Fsp3) is 0.474. The van der Waals surface area contributed by atoms with Gasteiger partial charge >= 0.3 is 5.97 Å². The number of nitrogens with one attached hydrogen (secondary N) is 1. The van der Waals surface area contributed by atoms with Crippen molar-refractivity contribution in [2.75, 3.05) is 11.5 Å². The average Bonchev–Trinajstić information content (AvgIpc) is 3.31. The number of amides is 2. The number of nitrogens with zero attached hydrogens (tertiary/aromatic N) is 5. The molecule has 2 atom stereocenters. The Kier molecular flexibility index (Phi) is 7.17. The van der Waals surface area contributed by atoms with Crippen molar-refractivity contribution in [1.82, 2.24) is 30.2 Å². The number of aromatic nitrogens is 4. The maximum absolute atomic E-state index is 12.8. The van der Waals surface area contributed by atoms with E-state index >= 15 is 0 Å². The molecule has 10 nitrogen and oxygen atoms in total. The van der Waals surface area contributed by atoms with Crippen LogP contribution in [0.3, 0.4) is 0 Å². The third kappa shape index (κ3) is 4.84. The molecule has 0 saturated carbocycles. The third-order valence-corrected chi connectivity index (χ3v) is 9.83. The molecule has 0 aliphatic carbocycles. The van der Waals surface area contributed by atoms with Gasteiger partial charge in [-0.3, -0.25) is 19.2 Å². The number of rotatable bonds is 8. The quantitative estimate of drug-likeness (QED) is 0.361. The van der Waals surface area contributed by atoms with Crippen molar-refractivity contribution in [3.8, 4) is 0 Å². The Morgan fingerprint density at radius 2 is 2.06 bits per heavy atom. The van der Waals surface area contributed by atoms with E-state index in [1.54, 1.807) is 4.68 Å². The number of halogens is 1.